The molecule has 0 aliphatic rings. The van der Waals surface area contributed by atoms with E-state index in [4.69, 9.17) is 14.2 Å². The molecule has 2 aromatic rings. The molecule has 0 aliphatic carbocycles. The Bertz CT molecular complexity index is 860. The summed E-state index contributed by atoms with van der Waals surface area (Å²) < 4.78 is 29.3. The van der Waals surface area contributed by atoms with Crippen molar-refractivity contribution in [2.75, 3.05) is 34.4 Å². The van der Waals surface area contributed by atoms with E-state index in [-0.39, 0.29) is 31.0 Å². The van der Waals surface area contributed by atoms with Crippen LogP contribution in [0.25, 0.3) is 0 Å². The second-order valence-electron chi connectivity index (χ2n) is 6.28. The maximum Gasteiger partial charge on any atom is 0.251 e. The highest BCUT2D eigenvalue weighted by atomic mass is 19.1. The minimum Gasteiger partial charge on any atom is -0.493 e. The standard InChI is InChI=1S/C21H25FN2O5/c1-13-5-6-15(12-16(13)22)21(26)24-8-7-23-19(25)11-14-9-17(27-2)20(29-4)18(10-14)28-3/h5-6,9-10,12H,7-8,11H2,1-4H3,(H,23,25)(H,24,26). The SMILES string of the molecule is COc1cc(CC(=O)NCCNC(=O)c2ccc(C)c(F)c2)cc(OC)c1OC. The van der Waals surface area contributed by atoms with Crippen LogP contribution in [0.2, 0.25) is 0 Å². The fourth-order valence-electron chi connectivity index (χ4n) is 2.70. The van der Waals surface area contributed by atoms with E-state index in [0.717, 1.165) is 0 Å². The van der Waals surface area contributed by atoms with Gasteiger partial charge >= 0.3 is 0 Å². The molecule has 29 heavy (non-hydrogen) atoms. The Labute approximate surface area is 169 Å². The number of benzene rings is 2. The summed E-state index contributed by atoms with van der Waals surface area (Å²) in [4.78, 5) is 24.2. The van der Waals surface area contributed by atoms with E-state index in [1.165, 1.54) is 27.4 Å². The molecule has 0 aliphatic heterocycles. The summed E-state index contributed by atoms with van der Waals surface area (Å²) in [6, 6.07) is 7.69. The Morgan fingerprint density at radius 3 is 2.10 bits per heavy atom. The Hall–Kier alpha value is -3.29. The van der Waals surface area contributed by atoms with Crippen molar-refractivity contribution in [3.63, 3.8) is 0 Å². The van der Waals surface area contributed by atoms with Gasteiger partial charge in [-0.15, -0.1) is 0 Å². The van der Waals surface area contributed by atoms with Gasteiger partial charge < -0.3 is 24.8 Å². The predicted molar refractivity (Wildman–Crippen MR) is 106 cm³/mol. The summed E-state index contributed by atoms with van der Waals surface area (Å²) >= 11 is 0. The van der Waals surface area contributed by atoms with Crippen LogP contribution in [0.4, 0.5) is 4.39 Å². The second-order valence-corrected chi connectivity index (χ2v) is 6.28. The van der Waals surface area contributed by atoms with Crippen molar-refractivity contribution in [2.24, 2.45) is 0 Å². The third kappa shape index (κ3) is 5.84. The highest BCUT2D eigenvalue weighted by Crippen LogP contribution is 2.38. The number of amides is 2. The Kier molecular flexibility index (Phi) is 7.82. The van der Waals surface area contributed by atoms with Gasteiger partial charge in [0.2, 0.25) is 11.7 Å². The van der Waals surface area contributed by atoms with Crippen LogP contribution in [-0.2, 0) is 11.2 Å². The van der Waals surface area contributed by atoms with Crippen molar-refractivity contribution in [2.45, 2.75) is 13.3 Å². The molecule has 0 saturated carbocycles. The molecule has 0 bridgehead atoms. The zero-order chi connectivity index (χ0) is 21.4. The lowest BCUT2D eigenvalue weighted by Crippen LogP contribution is -2.35. The number of carbonyl (C=O) groups excluding carboxylic acids is 2. The molecule has 0 atom stereocenters. The molecule has 0 heterocycles. The Morgan fingerprint density at radius 2 is 1.55 bits per heavy atom. The largest absolute Gasteiger partial charge is 0.493 e. The molecular weight excluding hydrogens is 379 g/mol. The minimum atomic E-state index is -0.434. The third-order valence-corrected chi connectivity index (χ3v) is 4.26. The summed E-state index contributed by atoms with van der Waals surface area (Å²) in [5.41, 5.74) is 1.40. The van der Waals surface area contributed by atoms with Crippen LogP contribution in [0.3, 0.4) is 0 Å². The number of aryl methyl sites for hydroxylation is 1. The molecule has 0 fully saturated rings. The Morgan fingerprint density at radius 1 is 0.931 bits per heavy atom. The summed E-state index contributed by atoms with van der Waals surface area (Å²) in [5.74, 6) is 0.322. The van der Waals surface area contributed by atoms with Crippen molar-refractivity contribution >= 4 is 11.8 Å². The van der Waals surface area contributed by atoms with Gasteiger partial charge in [-0.2, -0.15) is 0 Å². The van der Waals surface area contributed by atoms with Crippen LogP contribution >= 0.6 is 0 Å². The summed E-state index contributed by atoms with van der Waals surface area (Å²) in [6.07, 6.45) is 0.105. The summed E-state index contributed by atoms with van der Waals surface area (Å²) in [6.45, 7) is 2.08. The van der Waals surface area contributed by atoms with Gasteiger partial charge in [0.1, 0.15) is 5.82 Å². The monoisotopic (exact) mass is 404 g/mol. The number of halogens is 1. The fraction of sp³-hybridized carbons (Fsp3) is 0.333. The highest BCUT2D eigenvalue weighted by molar-refractivity contribution is 5.94. The number of ether oxygens (including phenoxy) is 3. The topological polar surface area (TPSA) is 85.9 Å². The first kappa shape index (κ1) is 22.0. The van der Waals surface area contributed by atoms with Gasteiger partial charge in [-0.3, -0.25) is 9.59 Å². The average molecular weight is 404 g/mol. The number of hydrogen-bond acceptors (Lipinski definition) is 5. The number of carbonyl (C=O) groups is 2. The zero-order valence-corrected chi connectivity index (χ0v) is 16.9. The lowest BCUT2D eigenvalue weighted by Gasteiger charge is -2.14. The molecule has 2 rings (SSSR count). The molecule has 7 nitrogen and oxygen atoms in total. The van der Waals surface area contributed by atoms with E-state index in [1.807, 2.05) is 0 Å². The van der Waals surface area contributed by atoms with Crippen LogP contribution in [0.15, 0.2) is 30.3 Å². The van der Waals surface area contributed by atoms with Gasteiger partial charge in [-0.05, 0) is 42.3 Å². The number of hydrogen-bond donors (Lipinski definition) is 2. The van der Waals surface area contributed by atoms with Gasteiger partial charge in [0.05, 0.1) is 27.8 Å². The lowest BCUT2D eigenvalue weighted by atomic mass is 10.1. The van der Waals surface area contributed by atoms with Crippen molar-refractivity contribution in [3.05, 3.63) is 52.8 Å². The van der Waals surface area contributed by atoms with Crippen LogP contribution in [0.1, 0.15) is 21.5 Å². The van der Waals surface area contributed by atoms with Crippen LogP contribution < -0.4 is 24.8 Å². The Balaban J connectivity index is 1.85. The highest BCUT2D eigenvalue weighted by Gasteiger charge is 2.15. The van der Waals surface area contributed by atoms with E-state index in [2.05, 4.69) is 10.6 Å². The first-order chi connectivity index (χ1) is 13.9. The normalized spacial score (nSPS) is 10.2. The number of nitrogens with one attached hydrogen (secondary N) is 2. The first-order valence-corrected chi connectivity index (χ1v) is 8.99. The predicted octanol–water partition coefficient (Wildman–Crippen LogP) is 2.25. The van der Waals surface area contributed by atoms with Crippen LogP contribution in [0, 0.1) is 12.7 Å². The van der Waals surface area contributed by atoms with E-state index >= 15 is 0 Å². The van der Waals surface area contributed by atoms with Crippen molar-refractivity contribution in [1.29, 1.82) is 0 Å². The lowest BCUT2D eigenvalue weighted by molar-refractivity contribution is -0.120. The van der Waals surface area contributed by atoms with Gasteiger partial charge in [-0.25, -0.2) is 4.39 Å². The van der Waals surface area contributed by atoms with Crippen LogP contribution in [0.5, 0.6) is 17.2 Å². The summed E-state index contributed by atoms with van der Waals surface area (Å²) in [7, 11) is 4.51. The smallest absolute Gasteiger partial charge is 0.251 e. The molecule has 156 valence electrons. The van der Waals surface area contributed by atoms with Crippen LogP contribution in [-0.4, -0.2) is 46.2 Å². The zero-order valence-electron chi connectivity index (χ0n) is 16.9. The average Bonchev–Trinajstić information content (AvgIpc) is 2.72. The van der Waals surface area contributed by atoms with E-state index < -0.39 is 11.7 Å². The molecular formula is C21H25FN2O5. The van der Waals surface area contributed by atoms with E-state index in [9.17, 15) is 14.0 Å². The molecule has 2 amide bonds. The molecule has 8 heteroatoms. The molecule has 2 N–H and O–H groups in total. The molecule has 0 unspecified atom stereocenters. The third-order valence-electron chi connectivity index (χ3n) is 4.26. The quantitative estimate of drug-likeness (QED) is 0.626. The fourth-order valence-corrected chi connectivity index (χ4v) is 2.70. The number of methoxy groups -OCH3 is 3. The first-order valence-electron chi connectivity index (χ1n) is 8.99. The molecule has 0 radical (unpaired) electrons. The van der Waals surface area contributed by atoms with Crippen molar-refractivity contribution < 1.29 is 28.2 Å². The maximum absolute atomic E-state index is 13.5. The van der Waals surface area contributed by atoms with E-state index in [1.54, 1.807) is 31.2 Å². The maximum atomic E-state index is 13.5. The van der Waals surface area contributed by atoms with E-state index in [0.29, 0.717) is 28.4 Å². The molecule has 0 saturated heterocycles. The molecule has 0 aromatic heterocycles. The van der Waals surface area contributed by atoms with Crippen molar-refractivity contribution in [3.8, 4) is 17.2 Å². The number of rotatable bonds is 9. The van der Waals surface area contributed by atoms with Gasteiger partial charge in [0.15, 0.2) is 11.5 Å². The molecule has 0 spiro atoms. The van der Waals surface area contributed by atoms with Gasteiger partial charge in [0.25, 0.3) is 5.91 Å². The van der Waals surface area contributed by atoms with Gasteiger partial charge in [-0.1, -0.05) is 6.07 Å². The second kappa shape index (κ2) is 10.3. The minimum absolute atomic E-state index is 0.105. The summed E-state index contributed by atoms with van der Waals surface area (Å²) in [5, 5.41) is 5.36. The van der Waals surface area contributed by atoms with Crippen molar-refractivity contribution in [1.82, 2.24) is 10.6 Å². The van der Waals surface area contributed by atoms with Gasteiger partial charge in [0, 0.05) is 18.7 Å². The molecule has 2 aromatic carbocycles.